The SMILES string of the molecule is NC(=O)c1cnc(NC(C2CC2)C2CC2)c2c1[nH]c1cc(-c3cnc([AsH2])nc3)ccc12. The van der Waals surface area contributed by atoms with Crippen molar-refractivity contribution in [3.63, 3.8) is 0 Å². The van der Waals surface area contributed by atoms with Gasteiger partial charge in [0.1, 0.15) is 0 Å². The number of anilines is 1. The van der Waals surface area contributed by atoms with Crippen LogP contribution in [0.2, 0.25) is 0 Å². The molecule has 2 saturated carbocycles. The van der Waals surface area contributed by atoms with E-state index in [0.717, 1.165) is 55.2 Å². The molecule has 6 rings (SSSR count). The molecule has 1 unspecified atom stereocenters. The summed E-state index contributed by atoms with van der Waals surface area (Å²) in [7, 11) is 0. The Bertz CT molecular complexity index is 1310. The minimum atomic E-state index is -0.481. The van der Waals surface area contributed by atoms with E-state index < -0.39 is 5.91 Å². The van der Waals surface area contributed by atoms with Gasteiger partial charge in [-0.2, -0.15) is 0 Å². The molecule has 0 aliphatic heterocycles. The maximum atomic E-state index is 12.1. The minimum absolute atomic E-state index is 0.411. The first-order valence-electron chi connectivity index (χ1n) is 10.7. The Morgan fingerprint density at radius 2 is 1.77 bits per heavy atom. The van der Waals surface area contributed by atoms with Crippen LogP contribution < -0.4 is 15.7 Å². The quantitative estimate of drug-likeness (QED) is 0.371. The van der Waals surface area contributed by atoms with Gasteiger partial charge in [0.25, 0.3) is 0 Å². The van der Waals surface area contributed by atoms with E-state index in [9.17, 15) is 4.79 Å². The third-order valence-corrected chi connectivity index (χ3v) is 7.09. The number of amides is 1. The number of primary amides is 1. The number of hydrogen-bond donors (Lipinski definition) is 3. The summed E-state index contributed by atoms with van der Waals surface area (Å²) in [6.07, 6.45) is 10.4. The molecule has 7 nitrogen and oxygen atoms in total. The summed E-state index contributed by atoms with van der Waals surface area (Å²) < 4.78 is 0.803. The van der Waals surface area contributed by atoms with Crippen LogP contribution in [0.3, 0.4) is 0 Å². The Hall–Kier alpha value is -2.92. The van der Waals surface area contributed by atoms with Gasteiger partial charge in [-0.25, -0.2) is 0 Å². The molecule has 0 spiro atoms. The molecular formula is C23H23AsN6O. The summed E-state index contributed by atoms with van der Waals surface area (Å²) in [5.74, 6) is 1.83. The number of benzene rings is 1. The maximum absolute atomic E-state index is 12.1. The fourth-order valence-electron chi connectivity index (χ4n) is 4.56. The molecule has 0 radical (unpaired) electrons. The summed E-state index contributed by atoms with van der Waals surface area (Å²) in [6.45, 7) is 0. The molecule has 4 aromatic rings. The summed E-state index contributed by atoms with van der Waals surface area (Å²) in [6, 6.07) is 6.68. The van der Waals surface area contributed by atoms with Crippen molar-refractivity contribution in [2.45, 2.75) is 31.7 Å². The van der Waals surface area contributed by atoms with E-state index in [-0.39, 0.29) is 0 Å². The first kappa shape index (κ1) is 18.8. The number of aromatic amines is 1. The molecule has 2 fully saturated rings. The second kappa shape index (κ2) is 7.06. The zero-order chi connectivity index (χ0) is 21.1. The van der Waals surface area contributed by atoms with E-state index in [2.05, 4.69) is 43.5 Å². The van der Waals surface area contributed by atoms with Gasteiger partial charge in [0.05, 0.1) is 0 Å². The summed E-state index contributed by atoms with van der Waals surface area (Å²) in [5.41, 5.74) is 9.73. The van der Waals surface area contributed by atoms with Crippen LogP contribution >= 0.6 is 0 Å². The van der Waals surface area contributed by atoms with E-state index >= 15 is 0 Å². The molecule has 0 bridgehead atoms. The number of hydrogen-bond acceptors (Lipinski definition) is 5. The van der Waals surface area contributed by atoms with Gasteiger partial charge in [-0.1, -0.05) is 0 Å². The first-order chi connectivity index (χ1) is 15.1. The van der Waals surface area contributed by atoms with E-state index in [4.69, 9.17) is 5.73 Å². The molecule has 1 aromatic carbocycles. The molecule has 31 heavy (non-hydrogen) atoms. The van der Waals surface area contributed by atoms with Crippen molar-refractivity contribution >= 4 is 55.0 Å². The van der Waals surface area contributed by atoms with Crippen LogP contribution in [0.4, 0.5) is 5.82 Å². The molecule has 3 heterocycles. The number of fused-ring (bicyclic) bond motifs is 3. The second-order valence-corrected chi connectivity index (χ2v) is 9.78. The zero-order valence-corrected chi connectivity index (χ0v) is 19.4. The summed E-state index contributed by atoms with van der Waals surface area (Å²) in [5, 5.41) is 5.70. The van der Waals surface area contributed by atoms with E-state index in [1.165, 1.54) is 42.5 Å². The van der Waals surface area contributed by atoms with E-state index in [1.54, 1.807) is 6.20 Å². The molecular weight excluding hydrogens is 451 g/mol. The van der Waals surface area contributed by atoms with Crippen LogP contribution in [-0.2, 0) is 0 Å². The summed E-state index contributed by atoms with van der Waals surface area (Å²) in [4.78, 5) is 28.9. The number of nitrogens with two attached hydrogens (primary N) is 1. The predicted molar refractivity (Wildman–Crippen MR) is 124 cm³/mol. The zero-order valence-electron chi connectivity index (χ0n) is 16.9. The molecule has 2 aliphatic rings. The predicted octanol–water partition coefficient (Wildman–Crippen LogP) is 2.13. The fourth-order valence-corrected chi connectivity index (χ4v) is 4.87. The number of carbonyl (C=O) groups is 1. The molecule has 3 aromatic heterocycles. The van der Waals surface area contributed by atoms with Gasteiger partial charge in [-0.15, -0.1) is 0 Å². The Kier molecular flexibility index (Phi) is 4.28. The van der Waals surface area contributed by atoms with E-state index in [1.807, 2.05) is 12.4 Å². The fraction of sp³-hybridized carbons (Fsp3) is 0.304. The molecule has 2 aliphatic carbocycles. The Morgan fingerprint density at radius 3 is 2.42 bits per heavy atom. The van der Waals surface area contributed by atoms with Crippen molar-refractivity contribution in [2.24, 2.45) is 17.6 Å². The molecule has 8 heteroatoms. The van der Waals surface area contributed by atoms with Gasteiger partial charge in [0.2, 0.25) is 0 Å². The van der Waals surface area contributed by atoms with Crippen LogP contribution in [0.1, 0.15) is 36.0 Å². The van der Waals surface area contributed by atoms with Crippen molar-refractivity contribution in [1.82, 2.24) is 19.9 Å². The number of carbonyl (C=O) groups excluding carboxylic acids is 1. The van der Waals surface area contributed by atoms with Gasteiger partial charge in [-0.3, -0.25) is 0 Å². The first-order valence-corrected chi connectivity index (χ1v) is 11.9. The van der Waals surface area contributed by atoms with E-state index in [0.29, 0.717) is 11.6 Å². The molecule has 4 N–H and O–H groups in total. The average Bonchev–Trinajstić information content (AvgIpc) is 3.68. The number of nitrogens with zero attached hydrogens (tertiary/aromatic N) is 3. The van der Waals surface area contributed by atoms with Crippen LogP contribution in [0.5, 0.6) is 0 Å². The average molecular weight is 474 g/mol. The van der Waals surface area contributed by atoms with Crippen molar-refractivity contribution in [2.75, 3.05) is 5.32 Å². The van der Waals surface area contributed by atoms with Crippen molar-refractivity contribution < 1.29 is 4.79 Å². The van der Waals surface area contributed by atoms with Crippen LogP contribution in [0, 0.1) is 11.8 Å². The van der Waals surface area contributed by atoms with Crippen LogP contribution in [-0.4, -0.2) is 48.7 Å². The van der Waals surface area contributed by atoms with Crippen molar-refractivity contribution in [3.8, 4) is 11.1 Å². The Morgan fingerprint density at radius 1 is 1.06 bits per heavy atom. The molecule has 156 valence electrons. The standard InChI is InChI=1S/C23H23AsN6O/c24-23-27-8-14(9-28-23)13-5-6-15-17(7-13)29-20-16(21(25)31)10-26-22(18(15)20)30-19(11-1-2-11)12-3-4-12/h5-12,19,29H,1-4,24H2,(H2,25,31)(H,26,30). The van der Waals surface area contributed by atoms with Crippen LogP contribution in [0.15, 0.2) is 36.8 Å². The molecule has 1 atom stereocenters. The number of pyridine rings is 1. The van der Waals surface area contributed by atoms with Crippen molar-refractivity contribution in [3.05, 3.63) is 42.4 Å². The number of aromatic nitrogens is 4. The summed E-state index contributed by atoms with van der Waals surface area (Å²) >= 11 is 1.40. The molecule has 0 saturated heterocycles. The normalized spacial score (nSPS) is 16.3. The Labute approximate surface area is 187 Å². The van der Waals surface area contributed by atoms with Gasteiger partial charge >= 0.3 is 150 Å². The second-order valence-electron chi connectivity index (χ2n) is 8.70. The van der Waals surface area contributed by atoms with Crippen LogP contribution in [0.25, 0.3) is 32.9 Å². The number of H-pyrrole nitrogens is 1. The Balaban J connectivity index is 1.51. The van der Waals surface area contributed by atoms with Gasteiger partial charge in [-0.05, 0) is 37.5 Å². The third-order valence-electron chi connectivity index (χ3n) is 6.46. The van der Waals surface area contributed by atoms with Crippen molar-refractivity contribution in [1.29, 1.82) is 0 Å². The van der Waals surface area contributed by atoms with Gasteiger partial charge < -0.3 is 0 Å². The monoisotopic (exact) mass is 474 g/mol. The van der Waals surface area contributed by atoms with Gasteiger partial charge in [0.15, 0.2) is 0 Å². The topological polar surface area (TPSA) is 110 Å². The number of rotatable bonds is 6. The third kappa shape index (κ3) is 3.37. The number of nitrogens with one attached hydrogen (secondary N) is 2. The van der Waals surface area contributed by atoms with Gasteiger partial charge in [0, 0.05) is 0 Å². The molecule has 1 amide bonds.